The number of benzene rings is 1. The summed E-state index contributed by atoms with van der Waals surface area (Å²) >= 11 is 0. The number of aliphatic hydroxyl groups is 1. The lowest BCUT2D eigenvalue weighted by molar-refractivity contribution is -0.113. The molecule has 0 bridgehead atoms. The van der Waals surface area contributed by atoms with Gasteiger partial charge in [-0.2, -0.15) is 0 Å². The zero-order valence-corrected chi connectivity index (χ0v) is 14.0. The standard InChI is InChI=1S/C18H23F2NO3/c1-13(2)6-9-24-16-5-3-4-14(10-16)17(23)21-8-7-18(19,20)15(11-21)12-22/h3-6,10,15,22H,7-9,11-12H2,1-2H3/t15-/m1/s1. The summed E-state index contributed by atoms with van der Waals surface area (Å²) < 4.78 is 32.9. The second kappa shape index (κ2) is 7.75. The molecule has 1 aliphatic heterocycles. The molecule has 1 aliphatic rings. The van der Waals surface area contributed by atoms with E-state index in [1.807, 2.05) is 19.9 Å². The third-order valence-electron chi connectivity index (χ3n) is 4.08. The Labute approximate surface area is 140 Å². The minimum Gasteiger partial charge on any atom is -0.490 e. The molecule has 6 heteroatoms. The summed E-state index contributed by atoms with van der Waals surface area (Å²) in [5, 5.41) is 9.14. The molecule has 1 heterocycles. The van der Waals surface area contributed by atoms with Crippen molar-refractivity contribution in [1.82, 2.24) is 4.90 Å². The number of aliphatic hydroxyl groups excluding tert-OH is 1. The number of hydrogen-bond acceptors (Lipinski definition) is 3. The van der Waals surface area contributed by atoms with Crippen molar-refractivity contribution in [2.24, 2.45) is 5.92 Å². The van der Waals surface area contributed by atoms with Crippen molar-refractivity contribution < 1.29 is 23.4 Å². The van der Waals surface area contributed by atoms with E-state index in [-0.39, 0.29) is 19.0 Å². The molecule has 0 radical (unpaired) electrons. The number of likely N-dealkylation sites (tertiary alicyclic amines) is 1. The molecule has 0 aromatic heterocycles. The van der Waals surface area contributed by atoms with Crippen molar-refractivity contribution in [3.05, 3.63) is 41.5 Å². The van der Waals surface area contributed by atoms with Gasteiger partial charge in [-0.3, -0.25) is 4.79 Å². The summed E-state index contributed by atoms with van der Waals surface area (Å²) in [6, 6.07) is 6.70. The van der Waals surface area contributed by atoms with Crippen LogP contribution in [-0.2, 0) is 0 Å². The van der Waals surface area contributed by atoms with Crippen LogP contribution in [-0.4, -0.2) is 48.1 Å². The fourth-order valence-corrected chi connectivity index (χ4v) is 2.56. The van der Waals surface area contributed by atoms with Gasteiger partial charge in [0.25, 0.3) is 11.8 Å². The molecule has 1 amide bonds. The van der Waals surface area contributed by atoms with E-state index in [2.05, 4.69) is 0 Å². The van der Waals surface area contributed by atoms with Crippen LogP contribution in [0.3, 0.4) is 0 Å². The number of halogens is 2. The Balaban J connectivity index is 2.06. The molecule has 0 aliphatic carbocycles. The number of alkyl halides is 2. The molecule has 1 atom stereocenters. The first-order valence-electron chi connectivity index (χ1n) is 7.97. The first kappa shape index (κ1) is 18.4. The van der Waals surface area contributed by atoms with E-state index in [0.29, 0.717) is 17.9 Å². The van der Waals surface area contributed by atoms with E-state index in [1.54, 1.807) is 24.3 Å². The van der Waals surface area contributed by atoms with Crippen molar-refractivity contribution in [3.63, 3.8) is 0 Å². The molecule has 132 valence electrons. The van der Waals surface area contributed by atoms with Crippen LogP contribution in [0.5, 0.6) is 5.75 Å². The Hall–Kier alpha value is -1.95. The van der Waals surface area contributed by atoms with E-state index in [1.165, 1.54) is 4.90 Å². The molecule has 2 rings (SSSR count). The quantitative estimate of drug-likeness (QED) is 0.839. The van der Waals surface area contributed by atoms with Crippen LogP contribution in [0.4, 0.5) is 8.78 Å². The Morgan fingerprint density at radius 2 is 2.21 bits per heavy atom. The highest BCUT2D eigenvalue weighted by Gasteiger charge is 2.44. The van der Waals surface area contributed by atoms with Crippen LogP contribution in [0, 0.1) is 5.92 Å². The fraction of sp³-hybridized carbons (Fsp3) is 0.500. The number of amides is 1. The van der Waals surface area contributed by atoms with Crippen LogP contribution in [0.15, 0.2) is 35.9 Å². The second-order valence-electron chi connectivity index (χ2n) is 6.26. The first-order valence-corrected chi connectivity index (χ1v) is 7.97. The van der Waals surface area contributed by atoms with Gasteiger partial charge in [0.15, 0.2) is 0 Å². The van der Waals surface area contributed by atoms with Gasteiger partial charge in [0, 0.05) is 25.1 Å². The van der Waals surface area contributed by atoms with Crippen molar-refractivity contribution >= 4 is 5.91 Å². The smallest absolute Gasteiger partial charge is 0.256 e. The van der Waals surface area contributed by atoms with E-state index in [9.17, 15) is 13.6 Å². The van der Waals surface area contributed by atoms with Crippen LogP contribution in [0.25, 0.3) is 0 Å². The topological polar surface area (TPSA) is 49.8 Å². The largest absolute Gasteiger partial charge is 0.490 e. The van der Waals surface area contributed by atoms with E-state index < -0.39 is 24.9 Å². The van der Waals surface area contributed by atoms with Gasteiger partial charge in [-0.25, -0.2) is 8.78 Å². The summed E-state index contributed by atoms with van der Waals surface area (Å²) in [6.07, 6.45) is 1.49. The number of carbonyl (C=O) groups is 1. The van der Waals surface area contributed by atoms with Crippen molar-refractivity contribution in [2.45, 2.75) is 26.2 Å². The first-order chi connectivity index (χ1) is 11.3. The Kier molecular flexibility index (Phi) is 5.94. The Bertz CT molecular complexity index is 612. The molecule has 1 aromatic rings. The van der Waals surface area contributed by atoms with Gasteiger partial charge < -0.3 is 14.7 Å². The van der Waals surface area contributed by atoms with Gasteiger partial charge >= 0.3 is 0 Å². The number of allylic oxidation sites excluding steroid dienone is 1. The van der Waals surface area contributed by atoms with Gasteiger partial charge in [0.1, 0.15) is 12.4 Å². The highest BCUT2D eigenvalue weighted by molar-refractivity contribution is 5.94. The maximum atomic E-state index is 13.7. The van der Waals surface area contributed by atoms with Crippen molar-refractivity contribution in [2.75, 3.05) is 26.3 Å². The lowest BCUT2D eigenvalue weighted by atomic mass is 9.94. The minimum absolute atomic E-state index is 0.0226. The molecule has 1 saturated heterocycles. The Morgan fingerprint density at radius 1 is 1.46 bits per heavy atom. The lowest BCUT2D eigenvalue weighted by Crippen LogP contribution is -2.50. The normalized spacial score (nSPS) is 19.7. The van der Waals surface area contributed by atoms with Crippen LogP contribution in [0.1, 0.15) is 30.6 Å². The maximum Gasteiger partial charge on any atom is 0.256 e. The van der Waals surface area contributed by atoms with Crippen molar-refractivity contribution in [1.29, 1.82) is 0 Å². The summed E-state index contributed by atoms with van der Waals surface area (Å²) in [4.78, 5) is 13.9. The summed E-state index contributed by atoms with van der Waals surface area (Å²) in [5.74, 6) is -3.91. The number of carbonyl (C=O) groups excluding carboxylic acids is 1. The average Bonchev–Trinajstić information content (AvgIpc) is 2.54. The number of ether oxygens (including phenoxy) is 1. The average molecular weight is 339 g/mol. The molecule has 4 nitrogen and oxygen atoms in total. The zero-order valence-electron chi connectivity index (χ0n) is 14.0. The zero-order chi connectivity index (χ0) is 17.7. The van der Waals surface area contributed by atoms with E-state index in [0.717, 1.165) is 5.57 Å². The number of piperidine rings is 1. The third-order valence-corrected chi connectivity index (χ3v) is 4.08. The van der Waals surface area contributed by atoms with Crippen LogP contribution < -0.4 is 4.74 Å². The van der Waals surface area contributed by atoms with E-state index in [4.69, 9.17) is 9.84 Å². The number of rotatable bonds is 5. The van der Waals surface area contributed by atoms with Gasteiger partial charge in [0.05, 0.1) is 12.5 Å². The van der Waals surface area contributed by atoms with Gasteiger partial charge in [0.2, 0.25) is 0 Å². The number of nitrogens with zero attached hydrogens (tertiary/aromatic N) is 1. The molecule has 1 N–H and O–H groups in total. The molecule has 0 unspecified atom stereocenters. The lowest BCUT2D eigenvalue weighted by Gasteiger charge is -2.37. The summed E-state index contributed by atoms with van der Waals surface area (Å²) in [5.41, 5.74) is 1.53. The van der Waals surface area contributed by atoms with E-state index >= 15 is 0 Å². The predicted molar refractivity (Wildman–Crippen MR) is 87.4 cm³/mol. The minimum atomic E-state index is -2.93. The molecular formula is C18H23F2NO3. The molecule has 1 aromatic carbocycles. The van der Waals surface area contributed by atoms with Crippen LogP contribution >= 0.6 is 0 Å². The molecule has 0 spiro atoms. The molecular weight excluding hydrogens is 316 g/mol. The molecule has 24 heavy (non-hydrogen) atoms. The summed E-state index contributed by atoms with van der Waals surface area (Å²) in [6.45, 7) is 3.53. The molecule has 1 fully saturated rings. The number of hydrogen-bond donors (Lipinski definition) is 1. The van der Waals surface area contributed by atoms with Crippen molar-refractivity contribution in [3.8, 4) is 5.75 Å². The summed E-state index contributed by atoms with van der Waals surface area (Å²) in [7, 11) is 0. The molecule has 0 saturated carbocycles. The predicted octanol–water partition coefficient (Wildman–Crippen LogP) is 3.12. The highest BCUT2D eigenvalue weighted by atomic mass is 19.3. The SMILES string of the molecule is CC(C)=CCOc1cccc(C(=O)N2CCC(F)(F)[C@@H](CO)C2)c1. The second-order valence-corrected chi connectivity index (χ2v) is 6.26. The van der Waals surface area contributed by atoms with Crippen LogP contribution in [0.2, 0.25) is 0 Å². The van der Waals surface area contributed by atoms with Gasteiger partial charge in [-0.1, -0.05) is 11.6 Å². The maximum absolute atomic E-state index is 13.7. The van der Waals surface area contributed by atoms with Gasteiger partial charge in [-0.15, -0.1) is 0 Å². The highest BCUT2D eigenvalue weighted by Crippen LogP contribution is 2.33. The Morgan fingerprint density at radius 3 is 2.88 bits per heavy atom. The fourth-order valence-electron chi connectivity index (χ4n) is 2.56. The monoisotopic (exact) mass is 339 g/mol. The van der Waals surface area contributed by atoms with Gasteiger partial charge in [-0.05, 0) is 38.1 Å². The third kappa shape index (κ3) is 4.54.